The highest BCUT2D eigenvalue weighted by atomic mass is 16.5. The largest absolute Gasteiger partial charge is 0.493 e. The number of carbonyl (C=O) groups excluding carboxylic acids is 2. The fraction of sp³-hybridized carbons (Fsp3) is 0.481. The minimum absolute atomic E-state index is 0.119. The van der Waals surface area contributed by atoms with Crippen LogP contribution in [0.2, 0.25) is 0 Å². The van der Waals surface area contributed by atoms with Crippen molar-refractivity contribution in [2.45, 2.75) is 44.8 Å². The normalized spacial score (nSPS) is 15.4. The summed E-state index contributed by atoms with van der Waals surface area (Å²) in [4.78, 5) is 27.6. The summed E-state index contributed by atoms with van der Waals surface area (Å²) in [7, 11) is 4.60. The fourth-order valence-electron chi connectivity index (χ4n) is 4.18. The van der Waals surface area contributed by atoms with E-state index >= 15 is 0 Å². The van der Waals surface area contributed by atoms with Crippen molar-refractivity contribution in [2.24, 2.45) is 0 Å². The minimum Gasteiger partial charge on any atom is -0.493 e. The summed E-state index contributed by atoms with van der Waals surface area (Å²) in [6, 6.07) is 12.9. The first-order chi connectivity index (χ1) is 17.1. The average Bonchev–Trinajstić information content (AvgIpc) is 2.90. The van der Waals surface area contributed by atoms with Crippen LogP contribution in [0.15, 0.2) is 42.5 Å². The Bertz CT molecular complexity index is 938. The molecule has 1 unspecified atom stereocenters. The summed E-state index contributed by atoms with van der Waals surface area (Å²) < 4.78 is 27.3. The van der Waals surface area contributed by atoms with E-state index in [0.717, 1.165) is 24.0 Å². The summed E-state index contributed by atoms with van der Waals surface area (Å²) in [5.41, 5.74) is 1.82. The van der Waals surface area contributed by atoms with Gasteiger partial charge in [-0.15, -0.1) is 0 Å². The molecule has 35 heavy (non-hydrogen) atoms. The van der Waals surface area contributed by atoms with Gasteiger partial charge in [0.15, 0.2) is 11.5 Å². The van der Waals surface area contributed by atoms with Gasteiger partial charge in [0.25, 0.3) is 0 Å². The van der Waals surface area contributed by atoms with E-state index < -0.39 is 6.04 Å². The van der Waals surface area contributed by atoms with Gasteiger partial charge in [-0.25, -0.2) is 4.79 Å². The van der Waals surface area contributed by atoms with Gasteiger partial charge in [0.1, 0.15) is 6.04 Å². The van der Waals surface area contributed by atoms with Gasteiger partial charge in [-0.05, 0) is 42.5 Å². The van der Waals surface area contributed by atoms with E-state index in [-0.39, 0.29) is 24.9 Å². The monoisotopic (exact) mass is 485 g/mol. The minimum atomic E-state index is -0.566. The number of nitrogens with zero attached hydrogens (tertiary/aromatic N) is 1. The van der Waals surface area contributed by atoms with Crippen LogP contribution in [-0.2, 0) is 32.1 Å². The zero-order valence-corrected chi connectivity index (χ0v) is 20.8. The van der Waals surface area contributed by atoms with Gasteiger partial charge in [0.05, 0.1) is 47.6 Å². The van der Waals surface area contributed by atoms with Crippen LogP contribution >= 0.6 is 0 Å². The quantitative estimate of drug-likeness (QED) is 0.334. The third kappa shape index (κ3) is 7.36. The maximum atomic E-state index is 13.2. The SMILES string of the molecule is COc1cc(CC(=O)N2CCCCC2C(=O)OCCCOCc2ccccc2)cc(OC)c1OC. The molecule has 0 radical (unpaired) electrons. The smallest absolute Gasteiger partial charge is 0.328 e. The lowest BCUT2D eigenvalue weighted by Gasteiger charge is -2.34. The molecule has 8 nitrogen and oxygen atoms in total. The first-order valence-electron chi connectivity index (χ1n) is 11.9. The number of ether oxygens (including phenoxy) is 5. The summed E-state index contributed by atoms with van der Waals surface area (Å²) in [5, 5.41) is 0. The van der Waals surface area contributed by atoms with E-state index in [1.165, 1.54) is 21.3 Å². The van der Waals surface area contributed by atoms with Crippen molar-refractivity contribution in [3.05, 3.63) is 53.6 Å². The van der Waals surface area contributed by atoms with E-state index in [9.17, 15) is 9.59 Å². The predicted molar refractivity (Wildman–Crippen MR) is 131 cm³/mol. The lowest BCUT2D eigenvalue weighted by Crippen LogP contribution is -2.49. The van der Waals surface area contributed by atoms with Crippen molar-refractivity contribution in [1.82, 2.24) is 4.90 Å². The Morgan fingerprint density at radius 3 is 2.29 bits per heavy atom. The van der Waals surface area contributed by atoms with Crippen molar-refractivity contribution in [3.63, 3.8) is 0 Å². The zero-order chi connectivity index (χ0) is 25.0. The highest BCUT2D eigenvalue weighted by Crippen LogP contribution is 2.38. The van der Waals surface area contributed by atoms with Crippen LogP contribution < -0.4 is 14.2 Å². The van der Waals surface area contributed by atoms with Crippen LogP contribution in [0.4, 0.5) is 0 Å². The second kappa shape index (κ2) is 13.6. The molecule has 1 fully saturated rings. The average molecular weight is 486 g/mol. The van der Waals surface area contributed by atoms with Gasteiger partial charge in [0.2, 0.25) is 11.7 Å². The Morgan fingerprint density at radius 1 is 0.914 bits per heavy atom. The van der Waals surface area contributed by atoms with E-state index in [2.05, 4.69) is 0 Å². The van der Waals surface area contributed by atoms with Crippen LogP contribution in [-0.4, -0.2) is 63.9 Å². The molecule has 1 saturated heterocycles. The van der Waals surface area contributed by atoms with E-state index in [4.69, 9.17) is 23.7 Å². The number of amides is 1. The summed E-state index contributed by atoms with van der Waals surface area (Å²) in [5.74, 6) is 0.953. The fourth-order valence-corrected chi connectivity index (χ4v) is 4.18. The summed E-state index contributed by atoms with van der Waals surface area (Å²) in [6.07, 6.45) is 3.06. The summed E-state index contributed by atoms with van der Waals surface area (Å²) >= 11 is 0. The summed E-state index contributed by atoms with van der Waals surface area (Å²) in [6.45, 7) is 1.82. The Morgan fingerprint density at radius 2 is 1.63 bits per heavy atom. The molecule has 0 saturated carbocycles. The molecule has 1 amide bonds. The van der Waals surface area contributed by atoms with Crippen LogP contribution in [0.5, 0.6) is 17.2 Å². The molecule has 2 aromatic carbocycles. The first-order valence-corrected chi connectivity index (χ1v) is 11.9. The van der Waals surface area contributed by atoms with Crippen molar-refractivity contribution in [1.29, 1.82) is 0 Å². The third-order valence-corrected chi connectivity index (χ3v) is 5.96. The molecule has 0 bridgehead atoms. The lowest BCUT2D eigenvalue weighted by molar-refractivity contribution is -0.157. The molecule has 1 aliphatic heterocycles. The number of hydrogen-bond acceptors (Lipinski definition) is 7. The number of esters is 1. The molecule has 0 aromatic heterocycles. The molecular weight excluding hydrogens is 450 g/mol. The molecule has 8 heteroatoms. The van der Waals surface area contributed by atoms with Crippen LogP contribution in [0.3, 0.4) is 0 Å². The highest BCUT2D eigenvalue weighted by molar-refractivity contribution is 5.86. The molecular formula is C27H35NO7. The van der Waals surface area contributed by atoms with Crippen LogP contribution in [0.1, 0.15) is 36.8 Å². The number of rotatable bonds is 12. The Kier molecular flexibility index (Phi) is 10.2. The van der Waals surface area contributed by atoms with Crippen LogP contribution in [0.25, 0.3) is 0 Å². The third-order valence-electron chi connectivity index (χ3n) is 5.96. The molecule has 0 N–H and O–H groups in total. The van der Waals surface area contributed by atoms with Gasteiger partial charge in [-0.2, -0.15) is 0 Å². The van der Waals surface area contributed by atoms with E-state index in [0.29, 0.717) is 49.8 Å². The zero-order valence-electron chi connectivity index (χ0n) is 20.8. The van der Waals surface area contributed by atoms with Gasteiger partial charge < -0.3 is 28.6 Å². The Labute approximate surface area is 207 Å². The standard InChI is InChI=1S/C27H35NO7/c1-31-23-16-21(17-24(32-2)26(23)33-3)18-25(29)28-13-8-7-12-22(28)27(30)35-15-9-14-34-19-20-10-5-4-6-11-20/h4-6,10-11,16-17,22H,7-9,12-15,18-19H2,1-3H3. The number of hydrogen-bond donors (Lipinski definition) is 0. The maximum absolute atomic E-state index is 13.2. The molecule has 0 spiro atoms. The number of carbonyl (C=O) groups is 2. The number of benzene rings is 2. The van der Waals surface area contributed by atoms with Gasteiger partial charge in [-0.3, -0.25) is 4.79 Å². The van der Waals surface area contributed by atoms with E-state index in [1.54, 1.807) is 17.0 Å². The number of methoxy groups -OCH3 is 3. The molecule has 2 aromatic rings. The molecule has 1 atom stereocenters. The molecule has 3 rings (SSSR count). The molecule has 190 valence electrons. The lowest BCUT2D eigenvalue weighted by atomic mass is 10.0. The molecule has 1 heterocycles. The topological polar surface area (TPSA) is 83.5 Å². The van der Waals surface area contributed by atoms with E-state index in [1.807, 2.05) is 30.3 Å². The van der Waals surface area contributed by atoms with Gasteiger partial charge in [-0.1, -0.05) is 30.3 Å². The second-order valence-corrected chi connectivity index (χ2v) is 8.37. The molecule has 1 aliphatic rings. The Balaban J connectivity index is 1.52. The predicted octanol–water partition coefficient (Wildman–Crippen LogP) is 3.79. The van der Waals surface area contributed by atoms with Gasteiger partial charge in [0, 0.05) is 13.0 Å². The van der Waals surface area contributed by atoms with Crippen LogP contribution in [0, 0.1) is 0 Å². The first kappa shape index (κ1) is 26.3. The second-order valence-electron chi connectivity index (χ2n) is 8.37. The van der Waals surface area contributed by atoms with Gasteiger partial charge >= 0.3 is 5.97 Å². The van der Waals surface area contributed by atoms with Crippen molar-refractivity contribution >= 4 is 11.9 Å². The number of likely N-dealkylation sites (tertiary alicyclic amines) is 1. The number of piperidine rings is 1. The molecule has 0 aliphatic carbocycles. The van der Waals surface area contributed by atoms with Crippen molar-refractivity contribution < 1.29 is 33.3 Å². The highest BCUT2D eigenvalue weighted by Gasteiger charge is 2.33. The maximum Gasteiger partial charge on any atom is 0.328 e. The Hall–Kier alpha value is -3.26. The van der Waals surface area contributed by atoms with Crippen molar-refractivity contribution in [3.8, 4) is 17.2 Å². The van der Waals surface area contributed by atoms with Crippen molar-refractivity contribution in [2.75, 3.05) is 41.1 Å².